The van der Waals surface area contributed by atoms with Gasteiger partial charge in [-0.2, -0.15) is 26.3 Å². The standard InChI is InChI=1S/C10H14F6N4/c11-9(12,13)6-1-5(4-19-8(17)20-18)2-7(3-6)10(14,15)16/h5-7,18H,1-4H2,(H2,17,19). The van der Waals surface area contributed by atoms with Crippen molar-refractivity contribution in [3.63, 3.8) is 0 Å². The average Bonchev–Trinajstić information content (AvgIpc) is 2.33. The Morgan fingerprint density at radius 3 is 1.80 bits per heavy atom. The van der Waals surface area contributed by atoms with Crippen molar-refractivity contribution in [2.75, 3.05) is 6.54 Å². The maximum absolute atomic E-state index is 12.7. The second kappa shape index (κ2) is 5.96. The van der Waals surface area contributed by atoms with E-state index in [1.165, 1.54) is 0 Å². The Morgan fingerprint density at radius 2 is 1.45 bits per heavy atom. The summed E-state index contributed by atoms with van der Waals surface area (Å²) < 4.78 is 76.0. The first kappa shape index (κ1) is 16.7. The van der Waals surface area contributed by atoms with E-state index >= 15 is 0 Å². The lowest BCUT2D eigenvalue weighted by Gasteiger charge is -2.36. The van der Waals surface area contributed by atoms with E-state index in [0.29, 0.717) is 0 Å². The minimum absolute atomic E-state index is 0.284. The van der Waals surface area contributed by atoms with Crippen molar-refractivity contribution >= 4 is 5.96 Å². The Morgan fingerprint density at radius 1 is 1.00 bits per heavy atom. The quantitative estimate of drug-likeness (QED) is 0.348. The fraction of sp³-hybridized carbons (Fsp3) is 0.900. The number of alkyl halides is 6. The molecule has 1 rings (SSSR count). The molecule has 0 aromatic rings. The molecule has 10 heteroatoms. The van der Waals surface area contributed by atoms with Gasteiger partial charge in [0.05, 0.1) is 11.8 Å². The predicted octanol–water partition coefficient (Wildman–Crippen LogP) is 3.49. The number of guanidine groups is 1. The second-order valence-corrected chi connectivity index (χ2v) is 4.86. The third kappa shape index (κ3) is 4.64. The molecule has 3 N–H and O–H groups in total. The zero-order valence-corrected chi connectivity index (χ0v) is 10.3. The molecule has 0 aromatic carbocycles. The van der Waals surface area contributed by atoms with Crippen molar-refractivity contribution in [1.82, 2.24) is 0 Å². The molecule has 1 saturated carbocycles. The van der Waals surface area contributed by atoms with Gasteiger partial charge in [0.15, 0.2) is 0 Å². The van der Waals surface area contributed by atoms with Crippen LogP contribution in [0.3, 0.4) is 0 Å². The van der Waals surface area contributed by atoms with Crippen LogP contribution in [0.1, 0.15) is 19.3 Å². The molecular weight excluding hydrogens is 290 g/mol. The van der Waals surface area contributed by atoms with Gasteiger partial charge in [0.2, 0.25) is 5.96 Å². The number of hydrogen-bond acceptors (Lipinski definition) is 2. The van der Waals surface area contributed by atoms with Crippen LogP contribution in [-0.4, -0.2) is 24.9 Å². The SMILES string of the molecule is N=NC(N)=NCC1CC(C(F)(F)F)CC(C(F)(F)F)C1. The summed E-state index contributed by atoms with van der Waals surface area (Å²) >= 11 is 0. The average molecular weight is 304 g/mol. The lowest BCUT2D eigenvalue weighted by atomic mass is 9.74. The highest BCUT2D eigenvalue weighted by Gasteiger charge is 2.51. The molecule has 20 heavy (non-hydrogen) atoms. The Hall–Kier alpha value is -1.35. The molecule has 0 bridgehead atoms. The molecule has 1 aliphatic rings. The van der Waals surface area contributed by atoms with Crippen molar-refractivity contribution in [2.24, 2.45) is 33.6 Å². The fourth-order valence-electron chi connectivity index (χ4n) is 2.38. The van der Waals surface area contributed by atoms with Crippen LogP contribution < -0.4 is 5.73 Å². The molecule has 4 nitrogen and oxygen atoms in total. The smallest absolute Gasteiger partial charge is 0.367 e. The molecule has 1 aliphatic carbocycles. The van der Waals surface area contributed by atoms with Gasteiger partial charge in [-0.25, -0.2) is 10.5 Å². The predicted molar refractivity (Wildman–Crippen MR) is 58.1 cm³/mol. The molecule has 0 saturated heterocycles. The zero-order valence-electron chi connectivity index (χ0n) is 10.3. The molecule has 1 fully saturated rings. The topological polar surface area (TPSA) is 74.6 Å². The molecule has 2 atom stereocenters. The van der Waals surface area contributed by atoms with Crippen LogP contribution in [0, 0.1) is 23.3 Å². The summed E-state index contributed by atoms with van der Waals surface area (Å²) in [5.74, 6) is -5.31. The summed E-state index contributed by atoms with van der Waals surface area (Å²) in [5.41, 5.74) is 11.6. The Kier molecular flexibility index (Phi) is 4.98. The Labute approximate surface area is 110 Å². The molecule has 2 unspecified atom stereocenters. The van der Waals surface area contributed by atoms with Crippen molar-refractivity contribution in [2.45, 2.75) is 31.6 Å². The highest BCUT2D eigenvalue weighted by molar-refractivity contribution is 5.77. The Balaban J connectivity index is 2.82. The third-order valence-electron chi connectivity index (χ3n) is 3.36. The second-order valence-electron chi connectivity index (χ2n) is 4.86. The fourth-order valence-corrected chi connectivity index (χ4v) is 2.38. The van der Waals surface area contributed by atoms with Gasteiger partial charge < -0.3 is 5.73 Å². The van der Waals surface area contributed by atoms with Gasteiger partial charge in [-0.05, 0) is 25.2 Å². The van der Waals surface area contributed by atoms with Gasteiger partial charge in [0.25, 0.3) is 0 Å². The first-order valence-electron chi connectivity index (χ1n) is 5.84. The molecule has 116 valence electrons. The number of nitrogens with one attached hydrogen (secondary N) is 1. The summed E-state index contributed by atoms with van der Waals surface area (Å²) in [5, 5.41) is 2.74. The Bertz CT molecular complexity index is 353. The minimum Gasteiger partial charge on any atom is -0.367 e. The molecule has 0 aromatic heterocycles. The van der Waals surface area contributed by atoms with E-state index in [9.17, 15) is 26.3 Å². The summed E-state index contributed by atoms with van der Waals surface area (Å²) in [4.78, 5) is 3.50. The van der Waals surface area contributed by atoms with Crippen LogP contribution in [0.4, 0.5) is 26.3 Å². The van der Waals surface area contributed by atoms with Crippen molar-refractivity contribution in [1.29, 1.82) is 5.53 Å². The van der Waals surface area contributed by atoms with Gasteiger partial charge in [0.1, 0.15) is 0 Å². The molecule has 0 amide bonds. The summed E-state index contributed by atoms with van der Waals surface area (Å²) in [7, 11) is 0. The highest BCUT2D eigenvalue weighted by Crippen LogP contribution is 2.47. The van der Waals surface area contributed by atoms with Crippen molar-refractivity contribution in [3.8, 4) is 0 Å². The van der Waals surface area contributed by atoms with Gasteiger partial charge in [0, 0.05) is 6.54 Å². The monoisotopic (exact) mass is 304 g/mol. The molecule has 0 aliphatic heterocycles. The first-order chi connectivity index (χ1) is 9.04. The molecule has 0 radical (unpaired) electrons. The van der Waals surface area contributed by atoms with Crippen LogP contribution in [0.5, 0.6) is 0 Å². The molecule has 0 heterocycles. The zero-order chi connectivity index (χ0) is 15.6. The minimum atomic E-state index is -4.66. The first-order valence-corrected chi connectivity index (χ1v) is 5.84. The van der Waals surface area contributed by atoms with E-state index in [1.807, 2.05) is 0 Å². The van der Waals surface area contributed by atoms with Crippen LogP contribution >= 0.6 is 0 Å². The summed E-state index contributed by atoms with van der Waals surface area (Å²) in [6.45, 7) is -0.284. The van der Waals surface area contributed by atoms with E-state index in [2.05, 4.69) is 10.1 Å². The maximum Gasteiger partial charge on any atom is 0.391 e. The number of nitrogens with zero attached hydrogens (tertiary/aromatic N) is 2. The summed E-state index contributed by atoms with van der Waals surface area (Å²) in [6, 6.07) is 0. The van der Waals surface area contributed by atoms with E-state index in [0.717, 1.165) is 0 Å². The highest BCUT2D eigenvalue weighted by atomic mass is 19.4. The van der Waals surface area contributed by atoms with E-state index in [-0.39, 0.29) is 6.54 Å². The summed E-state index contributed by atoms with van der Waals surface area (Å²) in [6.07, 6.45) is -11.1. The normalized spacial score (nSPS) is 29.3. The van der Waals surface area contributed by atoms with Crippen LogP contribution in [0.25, 0.3) is 0 Å². The van der Waals surface area contributed by atoms with Crippen molar-refractivity contribution < 1.29 is 26.3 Å². The number of halogens is 6. The number of aliphatic imine (C=N–C) groups is 1. The largest absolute Gasteiger partial charge is 0.391 e. The van der Waals surface area contributed by atoms with E-state index < -0.39 is 55.3 Å². The third-order valence-corrected chi connectivity index (χ3v) is 3.36. The van der Waals surface area contributed by atoms with Gasteiger partial charge in [-0.3, -0.25) is 0 Å². The van der Waals surface area contributed by atoms with Gasteiger partial charge in [-0.15, -0.1) is 5.11 Å². The lowest BCUT2D eigenvalue weighted by molar-refractivity contribution is -0.228. The van der Waals surface area contributed by atoms with E-state index in [4.69, 9.17) is 11.3 Å². The van der Waals surface area contributed by atoms with Crippen LogP contribution in [0.2, 0.25) is 0 Å². The number of rotatable bonds is 2. The molecular formula is C10H14F6N4. The lowest BCUT2D eigenvalue weighted by Crippen LogP contribution is -2.39. The van der Waals surface area contributed by atoms with Gasteiger partial charge >= 0.3 is 12.4 Å². The van der Waals surface area contributed by atoms with Crippen molar-refractivity contribution in [3.05, 3.63) is 0 Å². The van der Waals surface area contributed by atoms with Gasteiger partial charge in [-0.1, -0.05) is 0 Å². The number of hydrogen-bond donors (Lipinski definition) is 2. The van der Waals surface area contributed by atoms with E-state index in [1.54, 1.807) is 0 Å². The number of nitrogens with two attached hydrogens (primary N) is 1. The van der Waals surface area contributed by atoms with Crippen LogP contribution in [-0.2, 0) is 0 Å². The maximum atomic E-state index is 12.7. The molecule has 0 spiro atoms. The van der Waals surface area contributed by atoms with Crippen LogP contribution in [0.15, 0.2) is 10.1 Å².